The van der Waals surface area contributed by atoms with Gasteiger partial charge in [0.2, 0.25) is 0 Å². The zero-order valence-corrected chi connectivity index (χ0v) is 12.3. The van der Waals surface area contributed by atoms with Crippen LogP contribution in [-0.4, -0.2) is 31.2 Å². The molecule has 0 aliphatic heterocycles. The molecule has 0 saturated carbocycles. The Morgan fingerprint density at radius 3 is 2.91 bits per heavy atom. The van der Waals surface area contributed by atoms with Crippen molar-refractivity contribution in [2.24, 2.45) is 0 Å². The predicted molar refractivity (Wildman–Crippen MR) is 81.0 cm³/mol. The lowest BCUT2D eigenvalue weighted by molar-refractivity contribution is 0.0951. The van der Waals surface area contributed by atoms with Crippen LogP contribution >= 0.6 is 11.3 Å². The average Bonchev–Trinajstić information content (AvgIpc) is 3.22. The van der Waals surface area contributed by atoms with Crippen molar-refractivity contribution in [3.05, 3.63) is 52.2 Å². The van der Waals surface area contributed by atoms with Crippen LogP contribution in [0.25, 0.3) is 11.4 Å². The lowest BCUT2D eigenvalue weighted by atomic mass is 10.2. The van der Waals surface area contributed by atoms with Crippen LogP contribution in [0.3, 0.4) is 0 Å². The highest BCUT2D eigenvalue weighted by Gasteiger charge is 2.13. The van der Waals surface area contributed by atoms with Crippen LogP contribution < -0.4 is 5.32 Å². The molecule has 0 bridgehead atoms. The molecule has 0 fully saturated rings. The molecule has 0 atom stereocenters. The van der Waals surface area contributed by atoms with Gasteiger partial charge in [-0.3, -0.25) is 14.9 Å². The van der Waals surface area contributed by atoms with Crippen LogP contribution in [0, 0.1) is 0 Å². The summed E-state index contributed by atoms with van der Waals surface area (Å²) < 4.78 is 0. The summed E-state index contributed by atoms with van der Waals surface area (Å²) in [7, 11) is 0. The number of amides is 1. The molecule has 7 nitrogen and oxygen atoms in total. The van der Waals surface area contributed by atoms with E-state index in [1.54, 1.807) is 23.8 Å². The van der Waals surface area contributed by atoms with E-state index in [1.165, 1.54) is 11.3 Å². The first-order valence-corrected chi connectivity index (χ1v) is 7.43. The standard InChI is InChI=1S/C14H13N5O2S/c20-8-10-3-6-22-12(10)14(21)16-7-11-17-13(19-18-11)9-1-4-15-5-2-9/h1-6,20H,7-8H2,(H,16,21)(H,17,18,19). The second-order valence-electron chi connectivity index (χ2n) is 4.46. The van der Waals surface area contributed by atoms with Crippen molar-refractivity contribution in [3.8, 4) is 11.4 Å². The average molecular weight is 315 g/mol. The molecule has 8 heteroatoms. The first-order chi connectivity index (χ1) is 10.8. The molecule has 0 unspecified atom stereocenters. The summed E-state index contributed by atoms with van der Waals surface area (Å²) in [5.41, 5.74) is 1.47. The largest absolute Gasteiger partial charge is 0.392 e. The minimum absolute atomic E-state index is 0.152. The van der Waals surface area contributed by atoms with Crippen LogP contribution in [-0.2, 0) is 13.2 Å². The van der Waals surface area contributed by atoms with Gasteiger partial charge in [-0.1, -0.05) is 0 Å². The summed E-state index contributed by atoms with van der Waals surface area (Å²) in [4.78, 5) is 20.8. The van der Waals surface area contributed by atoms with Crippen molar-refractivity contribution in [3.63, 3.8) is 0 Å². The molecule has 0 saturated heterocycles. The number of rotatable bonds is 5. The molecular weight excluding hydrogens is 302 g/mol. The molecule has 112 valence electrons. The van der Waals surface area contributed by atoms with Crippen molar-refractivity contribution in [1.82, 2.24) is 25.5 Å². The molecule has 0 aromatic carbocycles. The molecule has 0 aliphatic rings. The molecule has 3 rings (SSSR count). The third-order valence-electron chi connectivity index (χ3n) is 3.01. The lowest BCUT2D eigenvalue weighted by Gasteiger charge is -2.02. The van der Waals surface area contributed by atoms with Crippen LogP contribution in [0.5, 0.6) is 0 Å². The quantitative estimate of drug-likeness (QED) is 0.659. The monoisotopic (exact) mass is 315 g/mol. The zero-order chi connectivity index (χ0) is 15.4. The highest BCUT2D eigenvalue weighted by Crippen LogP contribution is 2.17. The number of carbonyl (C=O) groups is 1. The van der Waals surface area contributed by atoms with Gasteiger partial charge in [0, 0.05) is 23.5 Å². The smallest absolute Gasteiger partial charge is 0.262 e. The SMILES string of the molecule is O=C(NCc1nc(-c2ccncc2)n[nH]1)c1sccc1CO. The van der Waals surface area contributed by atoms with E-state index in [0.717, 1.165) is 5.56 Å². The highest BCUT2D eigenvalue weighted by atomic mass is 32.1. The minimum atomic E-state index is -0.235. The van der Waals surface area contributed by atoms with E-state index in [1.807, 2.05) is 12.1 Å². The first-order valence-electron chi connectivity index (χ1n) is 6.55. The van der Waals surface area contributed by atoms with Gasteiger partial charge in [0.25, 0.3) is 5.91 Å². The normalized spacial score (nSPS) is 10.6. The fraction of sp³-hybridized carbons (Fsp3) is 0.143. The second kappa shape index (κ2) is 6.46. The Kier molecular flexibility index (Phi) is 4.22. The molecule has 3 aromatic rings. The summed E-state index contributed by atoms with van der Waals surface area (Å²) in [6.07, 6.45) is 3.33. The number of thiophene rings is 1. The number of hydrogen-bond donors (Lipinski definition) is 3. The number of nitrogens with zero attached hydrogens (tertiary/aromatic N) is 3. The van der Waals surface area contributed by atoms with E-state index in [9.17, 15) is 4.79 Å². The third kappa shape index (κ3) is 3.02. The van der Waals surface area contributed by atoms with Crippen LogP contribution in [0.15, 0.2) is 36.0 Å². The molecular formula is C14H13N5O2S. The summed E-state index contributed by atoms with van der Waals surface area (Å²) in [5, 5.41) is 20.6. The number of H-pyrrole nitrogens is 1. The van der Waals surface area contributed by atoms with Crippen LogP contribution in [0.2, 0.25) is 0 Å². The topological polar surface area (TPSA) is 104 Å². The molecule has 0 spiro atoms. The van der Waals surface area contributed by atoms with Crippen LogP contribution in [0.4, 0.5) is 0 Å². The van der Waals surface area contributed by atoms with E-state index in [2.05, 4.69) is 25.5 Å². The Balaban J connectivity index is 1.65. The van der Waals surface area contributed by atoms with Gasteiger partial charge in [-0.15, -0.1) is 11.3 Å². The molecule has 0 radical (unpaired) electrons. The zero-order valence-electron chi connectivity index (χ0n) is 11.5. The Morgan fingerprint density at radius 2 is 2.14 bits per heavy atom. The molecule has 3 aromatic heterocycles. The van der Waals surface area contributed by atoms with E-state index < -0.39 is 0 Å². The number of aromatic nitrogens is 4. The van der Waals surface area contributed by atoms with Gasteiger partial charge in [-0.2, -0.15) is 5.10 Å². The first kappa shape index (κ1) is 14.4. The minimum Gasteiger partial charge on any atom is -0.392 e. The van der Waals surface area contributed by atoms with Gasteiger partial charge in [0.15, 0.2) is 5.82 Å². The van der Waals surface area contributed by atoms with Gasteiger partial charge < -0.3 is 10.4 Å². The number of hydrogen-bond acceptors (Lipinski definition) is 6. The number of aliphatic hydroxyl groups is 1. The maximum absolute atomic E-state index is 12.1. The van der Waals surface area contributed by atoms with E-state index in [-0.39, 0.29) is 19.1 Å². The Morgan fingerprint density at radius 1 is 1.32 bits per heavy atom. The van der Waals surface area contributed by atoms with E-state index in [0.29, 0.717) is 22.1 Å². The maximum atomic E-state index is 12.1. The van der Waals surface area contributed by atoms with E-state index >= 15 is 0 Å². The number of carbonyl (C=O) groups excluding carboxylic acids is 1. The van der Waals surface area contributed by atoms with Crippen molar-refractivity contribution in [1.29, 1.82) is 0 Å². The Bertz CT molecular complexity index is 768. The fourth-order valence-electron chi connectivity index (χ4n) is 1.91. The molecule has 0 aliphatic carbocycles. The van der Waals surface area contributed by atoms with Crippen molar-refractivity contribution >= 4 is 17.2 Å². The molecule has 22 heavy (non-hydrogen) atoms. The predicted octanol–water partition coefficient (Wildman–Crippen LogP) is 1.35. The summed E-state index contributed by atoms with van der Waals surface area (Å²) in [6, 6.07) is 5.35. The van der Waals surface area contributed by atoms with Gasteiger partial charge >= 0.3 is 0 Å². The lowest BCUT2D eigenvalue weighted by Crippen LogP contribution is -2.23. The number of aromatic amines is 1. The summed E-state index contributed by atoms with van der Waals surface area (Å²) in [5.74, 6) is 0.877. The number of aliphatic hydroxyl groups excluding tert-OH is 1. The molecule has 1 amide bonds. The second-order valence-corrected chi connectivity index (χ2v) is 5.37. The van der Waals surface area contributed by atoms with Gasteiger partial charge in [0.1, 0.15) is 5.82 Å². The van der Waals surface area contributed by atoms with Crippen molar-refractivity contribution in [2.75, 3.05) is 0 Å². The molecule has 3 heterocycles. The fourth-order valence-corrected chi connectivity index (χ4v) is 2.74. The van der Waals surface area contributed by atoms with Gasteiger partial charge in [-0.25, -0.2) is 4.98 Å². The molecule has 3 N–H and O–H groups in total. The summed E-state index contributed by atoms with van der Waals surface area (Å²) in [6.45, 7) is 0.0838. The van der Waals surface area contributed by atoms with Crippen molar-refractivity contribution in [2.45, 2.75) is 13.2 Å². The van der Waals surface area contributed by atoms with Crippen LogP contribution in [0.1, 0.15) is 21.1 Å². The Hall–Kier alpha value is -2.58. The van der Waals surface area contributed by atoms with E-state index in [4.69, 9.17) is 5.11 Å². The highest BCUT2D eigenvalue weighted by molar-refractivity contribution is 7.12. The summed E-state index contributed by atoms with van der Waals surface area (Å²) >= 11 is 1.29. The number of nitrogens with one attached hydrogen (secondary N) is 2. The number of pyridine rings is 1. The maximum Gasteiger partial charge on any atom is 0.262 e. The van der Waals surface area contributed by atoms with Gasteiger partial charge in [0.05, 0.1) is 18.0 Å². The Labute approximate surface area is 130 Å². The third-order valence-corrected chi connectivity index (χ3v) is 3.97. The van der Waals surface area contributed by atoms with Gasteiger partial charge in [-0.05, 0) is 23.6 Å². The van der Waals surface area contributed by atoms with Crippen molar-refractivity contribution < 1.29 is 9.90 Å².